The molecule has 4 nitrogen and oxygen atoms in total. The van der Waals surface area contributed by atoms with Gasteiger partial charge in [-0.25, -0.2) is 9.18 Å². The number of benzene rings is 2. The molecule has 0 spiro atoms. The Bertz CT molecular complexity index is 986. The number of carboxylic acids is 1. The first-order chi connectivity index (χ1) is 14.5. The van der Waals surface area contributed by atoms with Gasteiger partial charge in [-0.05, 0) is 49.6 Å². The number of carboxylic acid groups (broad SMARTS) is 1. The van der Waals surface area contributed by atoms with Crippen molar-refractivity contribution in [3.8, 4) is 11.5 Å². The number of halogens is 4. The number of hydrogen-bond acceptors (Lipinski definition) is 3. The topological polar surface area (TPSA) is 66.8 Å². The van der Waals surface area contributed by atoms with E-state index in [0.717, 1.165) is 17.7 Å². The quantitative estimate of drug-likeness (QED) is 0.295. The molecule has 0 radical (unpaired) electrons. The lowest BCUT2D eigenvalue weighted by Crippen LogP contribution is -2.07. The van der Waals surface area contributed by atoms with Crippen LogP contribution in [0.5, 0.6) is 11.5 Å². The molecule has 0 heterocycles. The van der Waals surface area contributed by atoms with Crippen molar-refractivity contribution in [3.63, 3.8) is 0 Å². The third kappa shape index (κ3) is 6.34. The summed E-state index contributed by atoms with van der Waals surface area (Å²) in [6.45, 7) is 2.60. The van der Waals surface area contributed by atoms with Gasteiger partial charge < -0.3 is 14.9 Å². The van der Waals surface area contributed by atoms with Crippen LogP contribution in [0, 0.1) is 0 Å². The molecule has 0 aliphatic carbocycles. The molecule has 0 atom stereocenters. The van der Waals surface area contributed by atoms with E-state index in [1.165, 1.54) is 30.4 Å². The standard InChI is InChI=1S/C23H22F4O4/c1-14(2)3-10-18-19(31-12-11-24)13-16(20(21(18)28)22(29)30)7-4-15-5-8-17(9-6-15)23(25,26)27/h3-9,13,28H,10-12H2,1-2H3,(H,29,30). The van der Waals surface area contributed by atoms with E-state index in [0.29, 0.717) is 5.56 Å². The predicted octanol–water partition coefficient (Wildman–Crippen LogP) is 6.14. The number of alkyl halides is 4. The van der Waals surface area contributed by atoms with Gasteiger partial charge in [0.25, 0.3) is 0 Å². The summed E-state index contributed by atoms with van der Waals surface area (Å²) in [5, 5.41) is 20.2. The number of rotatable bonds is 8. The second kappa shape index (κ2) is 10.1. The zero-order valence-corrected chi connectivity index (χ0v) is 17.0. The van der Waals surface area contributed by atoms with Crippen LogP contribution in [0.3, 0.4) is 0 Å². The number of carbonyl (C=O) groups is 1. The Hall–Kier alpha value is -3.29. The van der Waals surface area contributed by atoms with E-state index in [2.05, 4.69) is 0 Å². The molecule has 0 bridgehead atoms. The second-order valence-electron chi connectivity index (χ2n) is 6.95. The van der Waals surface area contributed by atoms with Crippen molar-refractivity contribution in [2.24, 2.45) is 0 Å². The monoisotopic (exact) mass is 438 g/mol. The molecule has 0 fully saturated rings. The molecule has 0 saturated heterocycles. The van der Waals surface area contributed by atoms with E-state index in [9.17, 15) is 32.6 Å². The minimum absolute atomic E-state index is 0.0692. The van der Waals surface area contributed by atoms with Gasteiger partial charge in [0.15, 0.2) is 0 Å². The van der Waals surface area contributed by atoms with Gasteiger partial charge in [0.1, 0.15) is 30.3 Å². The Morgan fingerprint density at radius 3 is 2.29 bits per heavy atom. The third-order valence-electron chi connectivity index (χ3n) is 4.35. The number of aromatic carboxylic acids is 1. The highest BCUT2D eigenvalue weighted by Crippen LogP contribution is 2.36. The van der Waals surface area contributed by atoms with E-state index in [-0.39, 0.29) is 35.5 Å². The minimum Gasteiger partial charge on any atom is -0.507 e. The average Bonchev–Trinajstić information content (AvgIpc) is 2.68. The van der Waals surface area contributed by atoms with Crippen LogP contribution in [-0.4, -0.2) is 29.5 Å². The number of aromatic hydroxyl groups is 1. The van der Waals surface area contributed by atoms with Crippen molar-refractivity contribution in [2.75, 3.05) is 13.3 Å². The fourth-order valence-electron chi connectivity index (χ4n) is 2.81. The molecule has 0 unspecified atom stereocenters. The van der Waals surface area contributed by atoms with Crippen molar-refractivity contribution in [3.05, 3.63) is 69.8 Å². The highest BCUT2D eigenvalue weighted by Gasteiger charge is 2.29. The fraction of sp³-hybridized carbons (Fsp3) is 0.261. The molecule has 166 valence electrons. The molecule has 8 heteroatoms. The average molecular weight is 438 g/mol. The molecule has 0 aliphatic rings. The van der Waals surface area contributed by atoms with Crippen LogP contribution in [-0.2, 0) is 12.6 Å². The molecular formula is C23H22F4O4. The fourth-order valence-corrected chi connectivity index (χ4v) is 2.81. The first kappa shape index (κ1) is 24.0. The summed E-state index contributed by atoms with van der Waals surface area (Å²) < 4.78 is 56.1. The minimum atomic E-state index is -4.46. The molecule has 2 rings (SSSR count). The number of phenols is 1. The second-order valence-corrected chi connectivity index (χ2v) is 6.95. The lowest BCUT2D eigenvalue weighted by molar-refractivity contribution is -0.137. The zero-order valence-electron chi connectivity index (χ0n) is 17.0. The van der Waals surface area contributed by atoms with Gasteiger partial charge in [-0.15, -0.1) is 0 Å². The summed E-state index contributed by atoms with van der Waals surface area (Å²) in [6.07, 6.45) is 0.239. The molecule has 0 saturated carbocycles. The molecular weight excluding hydrogens is 416 g/mol. The van der Waals surface area contributed by atoms with Crippen LogP contribution in [0.15, 0.2) is 42.0 Å². The van der Waals surface area contributed by atoms with E-state index < -0.39 is 30.1 Å². The molecule has 2 aromatic carbocycles. The van der Waals surface area contributed by atoms with Gasteiger partial charge in [0.05, 0.1) is 5.56 Å². The maximum Gasteiger partial charge on any atom is 0.416 e. The summed E-state index contributed by atoms with van der Waals surface area (Å²) in [7, 11) is 0. The van der Waals surface area contributed by atoms with Crippen molar-refractivity contribution in [2.45, 2.75) is 26.4 Å². The van der Waals surface area contributed by atoms with Gasteiger partial charge >= 0.3 is 12.1 Å². The summed E-state index contributed by atoms with van der Waals surface area (Å²) in [6, 6.07) is 5.67. The van der Waals surface area contributed by atoms with Crippen LogP contribution in [0.2, 0.25) is 0 Å². The summed E-state index contributed by atoms with van der Waals surface area (Å²) >= 11 is 0. The van der Waals surface area contributed by atoms with Gasteiger partial charge in [0.2, 0.25) is 0 Å². The van der Waals surface area contributed by atoms with Crippen molar-refractivity contribution >= 4 is 18.1 Å². The van der Waals surface area contributed by atoms with E-state index in [1.54, 1.807) is 6.08 Å². The Balaban J connectivity index is 2.52. The third-order valence-corrected chi connectivity index (χ3v) is 4.35. The number of allylic oxidation sites excluding steroid dienone is 2. The first-order valence-corrected chi connectivity index (χ1v) is 9.34. The van der Waals surface area contributed by atoms with Crippen LogP contribution in [0.1, 0.15) is 46.5 Å². The molecule has 0 aliphatic heterocycles. The number of ether oxygens (including phenoxy) is 1. The van der Waals surface area contributed by atoms with Gasteiger partial charge in [-0.2, -0.15) is 13.2 Å². The van der Waals surface area contributed by atoms with E-state index in [4.69, 9.17) is 4.74 Å². The largest absolute Gasteiger partial charge is 0.507 e. The molecule has 2 aromatic rings. The van der Waals surface area contributed by atoms with Crippen LogP contribution in [0.25, 0.3) is 12.2 Å². The van der Waals surface area contributed by atoms with Gasteiger partial charge in [-0.1, -0.05) is 35.9 Å². The Kier molecular flexibility index (Phi) is 7.85. The highest BCUT2D eigenvalue weighted by atomic mass is 19.4. The smallest absolute Gasteiger partial charge is 0.416 e. The summed E-state index contributed by atoms with van der Waals surface area (Å²) in [4.78, 5) is 11.8. The first-order valence-electron chi connectivity index (χ1n) is 9.34. The highest BCUT2D eigenvalue weighted by molar-refractivity contribution is 5.97. The Morgan fingerprint density at radius 2 is 1.77 bits per heavy atom. The molecule has 31 heavy (non-hydrogen) atoms. The number of hydrogen-bond donors (Lipinski definition) is 2. The van der Waals surface area contributed by atoms with Crippen LogP contribution < -0.4 is 4.74 Å². The summed E-state index contributed by atoms with van der Waals surface area (Å²) in [5.74, 6) is -1.77. The molecule has 0 amide bonds. The predicted molar refractivity (Wildman–Crippen MR) is 110 cm³/mol. The van der Waals surface area contributed by atoms with Crippen LogP contribution >= 0.6 is 0 Å². The molecule has 2 N–H and O–H groups in total. The van der Waals surface area contributed by atoms with Crippen molar-refractivity contribution in [1.29, 1.82) is 0 Å². The normalized spacial score (nSPS) is 11.5. The maximum atomic E-state index is 12.7. The lowest BCUT2D eigenvalue weighted by atomic mass is 9.97. The SMILES string of the molecule is CC(C)=CCc1c(OCCF)cc(C=Cc2ccc(C(F)(F)F)cc2)c(C(=O)O)c1O. The van der Waals surface area contributed by atoms with Gasteiger partial charge in [0, 0.05) is 5.56 Å². The van der Waals surface area contributed by atoms with Crippen molar-refractivity contribution < 1.29 is 37.3 Å². The van der Waals surface area contributed by atoms with E-state index in [1.807, 2.05) is 13.8 Å². The Labute approximate surface area is 177 Å². The Morgan fingerprint density at radius 1 is 1.13 bits per heavy atom. The van der Waals surface area contributed by atoms with E-state index >= 15 is 0 Å². The van der Waals surface area contributed by atoms with Gasteiger partial charge in [-0.3, -0.25) is 0 Å². The zero-order chi connectivity index (χ0) is 23.2. The maximum absolute atomic E-state index is 12.7. The molecule has 0 aromatic heterocycles. The summed E-state index contributed by atoms with van der Waals surface area (Å²) in [5.41, 5.74) is 0.410. The van der Waals surface area contributed by atoms with Crippen LogP contribution in [0.4, 0.5) is 17.6 Å². The van der Waals surface area contributed by atoms with Crippen molar-refractivity contribution in [1.82, 2.24) is 0 Å². The lowest BCUT2D eigenvalue weighted by Gasteiger charge is -2.15.